The summed E-state index contributed by atoms with van der Waals surface area (Å²) in [5, 5.41) is 38.1. The van der Waals surface area contributed by atoms with Gasteiger partial charge in [0.2, 0.25) is 0 Å². The van der Waals surface area contributed by atoms with Gasteiger partial charge in [-0.1, -0.05) is 27.7 Å². The first kappa shape index (κ1) is 39.7. The number of rotatable bonds is 14. The Balaban J connectivity index is -0.000000250. The molecule has 2 unspecified atom stereocenters. The molecular weight excluding hydrogens is 443 g/mol. The van der Waals surface area contributed by atoms with Crippen LogP contribution in [-0.2, 0) is 19.2 Å². The fourth-order valence-corrected chi connectivity index (χ4v) is 2.77. The van der Waals surface area contributed by atoms with Crippen LogP contribution in [0.2, 0.25) is 0 Å². The number of carbonyl (C=O) groups is 4. The average Bonchev–Trinajstić information content (AvgIpc) is 2.71. The normalized spacial score (nSPS) is 13.7. The number of Topliss-reactive ketones (excluding diaryl/α,β-unsaturated/α-hetero) is 1. The van der Waals surface area contributed by atoms with Crippen LogP contribution in [0.3, 0.4) is 0 Å². The molecule has 2 amide bonds. The van der Waals surface area contributed by atoms with E-state index in [-0.39, 0.29) is 48.7 Å². The molecule has 0 aromatic carbocycles. The second-order valence-electron chi connectivity index (χ2n) is 8.47. The smallest absolute Gasteiger partial charge is 0.870 e. The minimum Gasteiger partial charge on any atom is -0.870 e. The van der Waals surface area contributed by atoms with E-state index in [1.54, 1.807) is 14.1 Å². The third-order valence-electron chi connectivity index (χ3n) is 4.42. The standard InChI is InChI=1S/C11H22N2O3.C10H20N2O4.Li.H2O/c1-7(2)5-9(12-4)10(15)11(16)13-6-8(3)14;1-6(2)4-7(11-3)9(15)10(16)12-5-8(13)14;;/h7,9-10,12,15H,5-6H2,1-4H3,(H,13,16);6-7,9,11,15H,4-5H2,1-3H3,(H,12,16)(H,13,14);;1H2/q;;+1;/p-1/t9-,10?;7-,9?;;/m00../s1. The van der Waals surface area contributed by atoms with Gasteiger partial charge < -0.3 is 42.1 Å². The summed E-state index contributed by atoms with van der Waals surface area (Å²) in [5.41, 5.74) is 0. The summed E-state index contributed by atoms with van der Waals surface area (Å²) < 4.78 is 0. The number of hydrogen-bond acceptors (Lipinski definition) is 9. The number of carboxylic acid groups (broad SMARTS) is 1. The number of aliphatic hydroxyl groups is 2. The molecule has 0 spiro atoms. The van der Waals surface area contributed by atoms with E-state index in [0.717, 1.165) is 0 Å². The molecule has 0 heterocycles. The Labute approximate surface area is 214 Å². The van der Waals surface area contributed by atoms with Crippen LogP contribution in [0.25, 0.3) is 0 Å². The Morgan fingerprint density at radius 1 is 0.735 bits per heavy atom. The predicted molar refractivity (Wildman–Crippen MR) is 123 cm³/mol. The Bertz CT molecular complexity index is 543. The second kappa shape index (κ2) is 22.0. The van der Waals surface area contributed by atoms with Gasteiger partial charge in [0.05, 0.1) is 6.54 Å². The maximum Gasteiger partial charge on any atom is 1.00 e. The van der Waals surface area contributed by atoms with Crippen LogP contribution in [0.5, 0.6) is 0 Å². The van der Waals surface area contributed by atoms with Crippen molar-refractivity contribution in [2.24, 2.45) is 11.8 Å². The van der Waals surface area contributed by atoms with Crippen molar-refractivity contribution in [3.05, 3.63) is 0 Å². The van der Waals surface area contributed by atoms with Crippen molar-refractivity contribution in [2.75, 3.05) is 27.2 Å². The molecule has 0 radical (unpaired) electrons. The van der Waals surface area contributed by atoms with Crippen LogP contribution in [0, 0.1) is 11.8 Å². The molecule has 0 aliphatic carbocycles. The zero-order chi connectivity index (χ0) is 25.4. The quantitative estimate of drug-likeness (QED) is 0.118. The van der Waals surface area contributed by atoms with Gasteiger partial charge >= 0.3 is 24.8 Å². The summed E-state index contributed by atoms with van der Waals surface area (Å²) in [6.07, 6.45) is -1.01. The average molecular weight is 487 g/mol. The van der Waals surface area contributed by atoms with Crippen molar-refractivity contribution in [1.82, 2.24) is 21.3 Å². The topological polar surface area (TPSA) is 207 Å². The largest absolute Gasteiger partial charge is 1.00 e. The van der Waals surface area contributed by atoms with E-state index >= 15 is 0 Å². The summed E-state index contributed by atoms with van der Waals surface area (Å²) >= 11 is 0. The van der Waals surface area contributed by atoms with E-state index < -0.39 is 36.5 Å². The van der Waals surface area contributed by atoms with Gasteiger partial charge in [0.15, 0.2) is 0 Å². The first-order chi connectivity index (χ1) is 14.8. The molecule has 0 aliphatic rings. The molecule has 4 atom stereocenters. The molecule has 8 N–H and O–H groups in total. The SMILES string of the molecule is CN[C@@H](CC(C)C)C(O)C(=O)NCC(=O)O.CN[C@@H](CC(C)C)C(O)C(=O)NCC(C)=O.[Li+].[OH-]. The van der Waals surface area contributed by atoms with E-state index in [4.69, 9.17) is 5.11 Å². The third kappa shape index (κ3) is 19.9. The first-order valence-corrected chi connectivity index (χ1v) is 10.7. The number of ketones is 1. The van der Waals surface area contributed by atoms with Crippen molar-refractivity contribution in [3.8, 4) is 0 Å². The van der Waals surface area contributed by atoms with E-state index in [0.29, 0.717) is 24.7 Å². The number of hydrogen-bond donors (Lipinski definition) is 7. The summed E-state index contributed by atoms with van der Waals surface area (Å²) in [5.74, 6) is -1.72. The number of amides is 2. The molecule has 0 fully saturated rings. The second-order valence-corrected chi connectivity index (χ2v) is 8.47. The maximum absolute atomic E-state index is 11.5. The fraction of sp³-hybridized carbons (Fsp3) is 0.810. The van der Waals surface area contributed by atoms with Crippen molar-refractivity contribution in [3.63, 3.8) is 0 Å². The van der Waals surface area contributed by atoms with E-state index in [1.807, 2.05) is 27.7 Å². The molecular formula is C21H43LiN4O8. The zero-order valence-electron chi connectivity index (χ0n) is 21.7. The predicted octanol–water partition coefficient (Wildman–Crippen LogP) is -4.30. The van der Waals surface area contributed by atoms with Crippen molar-refractivity contribution < 1.29 is 58.8 Å². The number of likely N-dealkylation sites (N-methyl/N-ethyl adjacent to an activating group) is 2. The fourth-order valence-electron chi connectivity index (χ4n) is 2.77. The van der Waals surface area contributed by atoms with Crippen LogP contribution in [0.4, 0.5) is 0 Å². The molecule has 0 aromatic heterocycles. The molecule has 0 saturated carbocycles. The molecule has 0 bridgehead atoms. The van der Waals surface area contributed by atoms with Gasteiger partial charge in [0.25, 0.3) is 11.8 Å². The van der Waals surface area contributed by atoms with Gasteiger partial charge in [-0.25, -0.2) is 0 Å². The maximum atomic E-state index is 11.5. The molecule has 0 aromatic rings. The van der Waals surface area contributed by atoms with E-state index in [1.165, 1.54) is 6.92 Å². The van der Waals surface area contributed by atoms with Gasteiger partial charge in [-0.15, -0.1) is 0 Å². The Morgan fingerprint density at radius 2 is 1.06 bits per heavy atom. The first-order valence-electron chi connectivity index (χ1n) is 10.7. The van der Waals surface area contributed by atoms with Crippen LogP contribution < -0.4 is 40.1 Å². The Morgan fingerprint density at radius 3 is 1.29 bits per heavy atom. The Kier molecular flexibility index (Phi) is 25.6. The van der Waals surface area contributed by atoms with E-state index in [2.05, 4.69) is 21.3 Å². The minimum atomic E-state index is -1.23. The summed E-state index contributed by atoms with van der Waals surface area (Å²) in [6.45, 7) is 8.87. The number of aliphatic carboxylic acids is 1. The number of nitrogens with one attached hydrogen (secondary N) is 4. The summed E-state index contributed by atoms with van der Waals surface area (Å²) in [6, 6.07) is -0.652. The van der Waals surface area contributed by atoms with Gasteiger partial charge in [-0.2, -0.15) is 0 Å². The van der Waals surface area contributed by atoms with Crippen LogP contribution >= 0.6 is 0 Å². The third-order valence-corrected chi connectivity index (χ3v) is 4.42. The molecule has 0 saturated heterocycles. The van der Waals surface area contributed by atoms with Crippen LogP contribution in [0.15, 0.2) is 0 Å². The van der Waals surface area contributed by atoms with E-state index in [9.17, 15) is 29.4 Å². The summed E-state index contributed by atoms with van der Waals surface area (Å²) in [4.78, 5) is 43.7. The van der Waals surface area contributed by atoms with Gasteiger partial charge in [0, 0.05) is 12.1 Å². The molecule has 12 nitrogen and oxygen atoms in total. The molecule has 34 heavy (non-hydrogen) atoms. The molecule has 0 rings (SSSR count). The molecule has 0 aliphatic heterocycles. The van der Waals surface area contributed by atoms with Crippen LogP contribution in [0.1, 0.15) is 47.5 Å². The number of carboxylic acids is 1. The van der Waals surface area contributed by atoms with Gasteiger partial charge in [-0.3, -0.25) is 19.2 Å². The monoisotopic (exact) mass is 486 g/mol. The molecule has 13 heteroatoms. The van der Waals surface area contributed by atoms with Crippen molar-refractivity contribution in [1.29, 1.82) is 0 Å². The minimum absolute atomic E-state index is 0. The van der Waals surface area contributed by atoms with Gasteiger partial charge in [-0.05, 0) is 45.7 Å². The van der Waals surface area contributed by atoms with Gasteiger partial charge in [0.1, 0.15) is 24.5 Å². The Hall–Kier alpha value is -1.52. The van der Waals surface area contributed by atoms with Crippen molar-refractivity contribution in [2.45, 2.75) is 71.8 Å². The summed E-state index contributed by atoms with van der Waals surface area (Å²) in [7, 11) is 3.36. The molecule has 196 valence electrons. The van der Waals surface area contributed by atoms with Crippen LogP contribution in [-0.4, -0.2) is 95.8 Å². The van der Waals surface area contributed by atoms with Crippen molar-refractivity contribution >= 4 is 23.6 Å². The number of aliphatic hydroxyl groups excluding tert-OH is 2. The number of carbonyl (C=O) groups excluding carboxylic acids is 3. The zero-order valence-corrected chi connectivity index (χ0v) is 21.7.